The van der Waals surface area contributed by atoms with Gasteiger partial charge in [0, 0.05) is 20.3 Å². The van der Waals surface area contributed by atoms with Gasteiger partial charge >= 0.3 is 5.97 Å². The molecule has 0 fully saturated rings. The van der Waals surface area contributed by atoms with Crippen molar-refractivity contribution in [3.63, 3.8) is 0 Å². The van der Waals surface area contributed by atoms with Crippen molar-refractivity contribution >= 4 is 11.9 Å². The molecule has 1 amide bonds. The fourth-order valence-corrected chi connectivity index (χ4v) is 1.50. The lowest BCUT2D eigenvalue weighted by Gasteiger charge is -2.24. The Kier molecular flexibility index (Phi) is 5.05. The normalized spacial score (nSPS) is 11.3. The van der Waals surface area contributed by atoms with Crippen molar-refractivity contribution in [2.75, 3.05) is 20.3 Å². The molecule has 0 aliphatic heterocycles. The second kappa shape index (κ2) is 6.33. The molecule has 19 heavy (non-hydrogen) atoms. The van der Waals surface area contributed by atoms with Crippen LogP contribution in [0.25, 0.3) is 0 Å². The number of carbonyl (C=O) groups excluding carboxylic acids is 1. The molecule has 1 heterocycles. The fourth-order valence-electron chi connectivity index (χ4n) is 1.50. The lowest BCUT2D eigenvalue weighted by atomic mass is 9.89. The van der Waals surface area contributed by atoms with Crippen LogP contribution in [0, 0.1) is 5.41 Å². The first-order chi connectivity index (χ1) is 8.87. The van der Waals surface area contributed by atoms with Crippen LogP contribution in [0.1, 0.15) is 41.2 Å². The summed E-state index contributed by atoms with van der Waals surface area (Å²) in [6.45, 7) is 5.01. The summed E-state index contributed by atoms with van der Waals surface area (Å²) in [5.74, 6) is -1.70. The van der Waals surface area contributed by atoms with Crippen LogP contribution in [-0.4, -0.2) is 47.2 Å². The second-order valence-electron chi connectivity index (χ2n) is 5.02. The van der Waals surface area contributed by atoms with Crippen LogP contribution in [0.15, 0.2) is 6.33 Å². The molecule has 106 valence electrons. The Morgan fingerprint density at radius 2 is 2.21 bits per heavy atom. The van der Waals surface area contributed by atoms with Crippen LogP contribution in [0.4, 0.5) is 0 Å². The van der Waals surface area contributed by atoms with E-state index in [4.69, 9.17) is 9.84 Å². The molecule has 3 N–H and O–H groups in total. The monoisotopic (exact) mass is 269 g/mol. The van der Waals surface area contributed by atoms with Gasteiger partial charge < -0.3 is 20.1 Å². The molecule has 7 heteroatoms. The SMILES string of the molecule is COCCC(C)(C)CNC(=O)c1nc[nH]c1C(=O)O. The molecule has 1 aromatic heterocycles. The van der Waals surface area contributed by atoms with Gasteiger partial charge in [0.05, 0.1) is 6.33 Å². The molecule has 1 aromatic rings. The van der Waals surface area contributed by atoms with E-state index < -0.39 is 11.9 Å². The minimum absolute atomic E-state index is 0.102. The van der Waals surface area contributed by atoms with Crippen molar-refractivity contribution in [1.82, 2.24) is 15.3 Å². The fraction of sp³-hybridized carbons (Fsp3) is 0.583. The Hall–Kier alpha value is -1.89. The number of ether oxygens (including phenoxy) is 1. The molecule has 1 rings (SSSR count). The Morgan fingerprint density at radius 3 is 2.79 bits per heavy atom. The molecule has 0 unspecified atom stereocenters. The van der Waals surface area contributed by atoms with Gasteiger partial charge in [0.2, 0.25) is 0 Å². The average molecular weight is 269 g/mol. The Labute approximate surface area is 111 Å². The number of rotatable bonds is 7. The number of carbonyl (C=O) groups is 2. The van der Waals surface area contributed by atoms with Crippen LogP contribution >= 0.6 is 0 Å². The summed E-state index contributed by atoms with van der Waals surface area (Å²) in [5, 5.41) is 11.6. The molecule has 0 aliphatic carbocycles. The number of aromatic amines is 1. The topological polar surface area (TPSA) is 104 Å². The number of methoxy groups -OCH3 is 1. The van der Waals surface area contributed by atoms with Gasteiger partial charge in [0.1, 0.15) is 0 Å². The highest BCUT2D eigenvalue weighted by Crippen LogP contribution is 2.19. The third-order valence-corrected chi connectivity index (χ3v) is 2.78. The number of carboxylic acids is 1. The van der Waals surface area contributed by atoms with E-state index in [-0.39, 0.29) is 16.8 Å². The van der Waals surface area contributed by atoms with Gasteiger partial charge in [-0.25, -0.2) is 9.78 Å². The Balaban J connectivity index is 2.60. The highest BCUT2D eigenvalue weighted by Gasteiger charge is 2.23. The van der Waals surface area contributed by atoms with Crippen LogP contribution in [0.2, 0.25) is 0 Å². The molecule has 0 aromatic carbocycles. The average Bonchev–Trinajstić information content (AvgIpc) is 2.83. The molecule has 0 saturated heterocycles. The Bertz CT molecular complexity index is 454. The first-order valence-electron chi connectivity index (χ1n) is 5.91. The number of amides is 1. The van der Waals surface area contributed by atoms with Crippen LogP contribution in [0.5, 0.6) is 0 Å². The summed E-state index contributed by atoms with van der Waals surface area (Å²) in [6.07, 6.45) is 1.98. The van der Waals surface area contributed by atoms with Crippen molar-refractivity contribution in [3.8, 4) is 0 Å². The minimum Gasteiger partial charge on any atom is -0.477 e. The van der Waals surface area contributed by atoms with Gasteiger partial charge in [-0.3, -0.25) is 4.79 Å². The van der Waals surface area contributed by atoms with E-state index >= 15 is 0 Å². The van der Waals surface area contributed by atoms with Crippen molar-refractivity contribution in [2.24, 2.45) is 5.41 Å². The summed E-state index contributed by atoms with van der Waals surface area (Å²) in [5.41, 5.74) is -0.437. The number of H-pyrrole nitrogens is 1. The standard InChI is InChI=1S/C12H19N3O4/c1-12(2,4-5-19-3)6-13-10(16)8-9(11(17)18)15-7-14-8/h7H,4-6H2,1-3H3,(H,13,16)(H,14,15)(H,17,18). The van der Waals surface area contributed by atoms with Gasteiger partial charge in [-0.15, -0.1) is 0 Å². The third kappa shape index (κ3) is 4.36. The van der Waals surface area contributed by atoms with Crippen molar-refractivity contribution in [1.29, 1.82) is 0 Å². The Morgan fingerprint density at radius 1 is 1.53 bits per heavy atom. The summed E-state index contributed by atoms with van der Waals surface area (Å²) in [6, 6.07) is 0. The van der Waals surface area contributed by atoms with E-state index in [0.29, 0.717) is 13.2 Å². The quantitative estimate of drug-likeness (QED) is 0.682. The van der Waals surface area contributed by atoms with Gasteiger partial charge in [-0.05, 0) is 11.8 Å². The van der Waals surface area contributed by atoms with Crippen molar-refractivity contribution in [3.05, 3.63) is 17.7 Å². The predicted molar refractivity (Wildman–Crippen MR) is 68.2 cm³/mol. The summed E-state index contributed by atoms with van der Waals surface area (Å²) in [7, 11) is 1.62. The summed E-state index contributed by atoms with van der Waals surface area (Å²) in [4.78, 5) is 28.9. The summed E-state index contributed by atoms with van der Waals surface area (Å²) >= 11 is 0. The molecule has 0 aliphatic rings. The molecule has 0 bridgehead atoms. The molecule has 0 spiro atoms. The highest BCUT2D eigenvalue weighted by molar-refractivity contribution is 6.02. The number of nitrogens with zero attached hydrogens (tertiary/aromatic N) is 1. The number of aromatic nitrogens is 2. The third-order valence-electron chi connectivity index (χ3n) is 2.78. The van der Waals surface area contributed by atoms with Gasteiger partial charge in [0.25, 0.3) is 5.91 Å². The predicted octanol–water partition coefficient (Wildman–Crippen LogP) is 0.900. The first kappa shape index (κ1) is 15.2. The molecule has 0 radical (unpaired) electrons. The van der Waals surface area contributed by atoms with Crippen LogP contribution in [-0.2, 0) is 4.74 Å². The van der Waals surface area contributed by atoms with Crippen LogP contribution < -0.4 is 5.32 Å². The molecular weight excluding hydrogens is 250 g/mol. The molecular formula is C12H19N3O4. The van der Waals surface area contributed by atoms with E-state index in [9.17, 15) is 9.59 Å². The lowest BCUT2D eigenvalue weighted by Crippen LogP contribution is -2.35. The molecule has 0 saturated carbocycles. The smallest absolute Gasteiger partial charge is 0.354 e. The number of hydrogen-bond acceptors (Lipinski definition) is 4. The van der Waals surface area contributed by atoms with Gasteiger partial charge in [0.15, 0.2) is 11.4 Å². The molecule has 0 atom stereocenters. The lowest BCUT2D eigenvalue weighted by molar-refractivity contribution is 0.0684. The van der Waals surface area contributed by atoms with E-state index in [1.165, 1.54) is 6.33 Å². The van der Waals surface area contributed by atoms with Crippen molar-refractivity contribution in [2.45, 2.75) is 20.3 Å². The highest BCUT2D eigenvalue weighted by atomic mass is 16.5. The number of nitrogens with one attached hydrogen (secondary N) is 2. The number of imidazole rings is 1. The number of carboxylic acid groups (broad SMARTS) is 1. The maximum Gasteiger partial charge on any atom is 0.354 e. The first-order valence-corrected chi connectivity index (χ1v) is 5.91. The zero-order chi connectivity index (χ0) is 14.5. The number of hydrogen-bond donors (Lipinski definition) is 3. The van der Waals surface area contributed by atoms with Gasteiger partial charge in [-0.2, -0.15) is 0 Å². The van der Waals surface area contributed by atoms with E-state index in [1.807, 2.05) is 13.8 Å². The zero-order valence-electron chi connectivity index (χ0n) is 11.3. The second-order valence-corrected chi connectivity index (χ2v) is 5.02. The zero-order valence-corrected chi connectivity index (χ0v) is 11.3. The largest absolute Gasteiger partial charge is 0.477 e. The van der Waals surface area contributed by atoms with Crippen LogP contribution in [0.3, 0.4) is 0 Å². The van der Waals surface area contributed by atoms with E-state index in [0.717, 1.165) is 6.42 Å². The number of aromatic carboxylic acids is 1. The minimum atomic E-state index is -1.21. The van der Waals surface area contributed by atoms with Gasteiger partial charge in [-0.1, -0.05) is 13.8 Å². The van der Waals surface area contributed by atoms with E-state index in [1.54, 1.807) is 7.11 Å². The molecule has 7 nitrogen and oxygen atoms in total. The van der Waals surface area contributed by atoms with E-state index in [2.05, 4.69) is 15.3 Å². The van der Waals surface area contributed by atoms with Crippen molar-refractivity contribution < 1.29 is 19.4 Å². The summed E-state index contributed by atoms with van der Waals surface area (Å²) < 4.78 is 5.00. The maximum atomic E-state index is 11.9. The maximum absolute atomic E-state index is 11.9.